The third-order valence-corrected chi connectivity index (χ3v) is 10.0. The molecule has 3 aromatic heterocycles. The average molecular weight is 546 g/mol. The molecule has 0 radical (unpaired) electrons. The molecule has 9 nitrogen and oxygen atoms in total. The predicted molar refractivity (Wildman–Crippen MR) is 148 cm³/mol. The Morgan fingerprint density at radius 1 is 0.974 bits per heavy atom. The molecule has 4 aromatic rings. The van der Waals surface area contributed by atoms with E-state index in [1.165, 1.54) is 10.2 Å². The minimum absolute atomic E-state index is 0.165. The topological polar surface area (TPSA) is 127 Å². The first kappa shape index (κ1) is 25.5. The number of fused-ring (bicyclic) bond motifs is 4. The van der Waals surface area contributed by atoms with Gasteiger partial charge in [0.1, 0.15) is 5.82 Å². The number of anilines is 1. The molecule has 2 N–H and O–H groups in total. The van der Waals surface area contributed by atoms with Crippen molar-refractivity contribution >= 4 is 32.8 Å². The van der Waals surface area contributed by atoms with Crippen LogP contribution in [0.2, 0.25) is 0 Å². The van der Waals surface area contributed by atoms with Gasteiger partial charge in [0.15, 0.2) is 11.5 Å². The fourth-order valence-corrected chi connectivity index (χ4v) is 7.58. The van der Waals surface area contributed by atoms with Crippen molar-refractivity contribution < 1.29 is 18.3 Å². The summed E-state index contributed by atoms with van der Waals surface area (Å²) in [6, 6.07) is 8.39. The Labute approximate surface area is 227 Å². The zero-order valence-corrected chi connectivity index (χ0v) is 22.9. The first-order chi connectivity index (χ1) is 18.6. The number of aromatic nitrogens is 4. The summed E-state index contributed by atoms with van der Waals surface area (Å²) in [5.41, 5.74) is 3.48. The van der Waals surface area contributed by atoms with Crippen LogP contribution in [0.1, 0.15) is 42.4 Å². The lowest BCUT2D eigenvalue weighted by molar-refractivity contribution is -0.148. The molecule has 3 fully saturated rings. The normalized spacial score (nSPS) is 22.7. The van der Waals surface area contributed by atoms with Crippen LogP contribution in [0.3, 0.4) is 0 Å². The largest absolute Gasteiger partial charge is 0.481 e. The van der Waals surface area contributed by atoms with E-state index in [2.05, 4.69) is 15.3 Å². The smallest absolute Gasteiger partial charge is 0.308 e. The second kappa shape index (κ2) is 9.44. The van der Waals surface area contributed by atoms with Crippen molar-refractivity contribution in [3.05, 3.63) is 65.6 Å². The Balaban J connectivity index is 1.44. The van der Waals surface area contributed by atoms with Crippen molar-refractivity contribution in [2.75, 3.05) is 5.32 Å². The number of nitrogens with one attached hydrogen (secondary N) is 1. The van der Waals surface area contributed by atoms with Crippen molar-refractivity contribution in [3.63, 3.8) is 0 Å². The molecule has 0 saturated heterocycles. The fourth-order valence-electron chi connectivity index (χ4n) is 6.26. The van der Waals surface area contributed by atoms with Gasteiger partial charge in [0.05, 0.1) is 10.8 Å². The molecule has 0 spiro atoms. The molecule has 3 aliphatic carbocycles. The van der Waals surface area contributed by atoms with Crippen LogP contribution in [0.5, 0.6) is 0 Å². The number of aliphatic carboxylic acids is 1. The number of hydrogen-bond donors (Lipinski definition) is 2. The van der Waals surface area contributed by atoms with Gasteiger partial charge in [-0.1, -0.05) is 17.7 Å². The Morgan fingerprint density at radius 2 is 1.67 bits per heavy atom. The maximum Gasteiger partial charge on any atom is 0.308 e. The lowest BCUT2D eigenvalue weighted by atomic mass is 9.61. The van der Waals surface area contributed by atoms with Crippen molar-refractivity contribution in [2.24, 2.45) is 17.8 Å². The second-order valence-electron chi connectivity index (χ2n) is 11.0. The zero-order chi connectivity index (χ0) is 27.5. The van der Waals surface area contributed by atoms with Gasteiger partial charge in [-0.05, 0) is 82.1 Å². The number of carboxylic acids is 1. The van der Waals surface area contributed by atoms with E-state index in [9.17, 15) is 18.3 Å². The molecule has 10 heteroatoms. The van der Waals surface area contributed by atoms with Crippen LogP contribution in [-0.2, 0) is 14.8 Å². The van der Waals surface area contributed by atoms with E-state index in [0.29, 0.717) is 28.2 Å². The van der Waals surface area contributed by atoms with Gasteiger partial charge in [-0.15, -0.1) is 0 Å². The van der Waals surface area contributed by atoms with E-state index in [1.54, 1.807) is 36.7 Å². The highest BCUT2D eigenvalue weighted by molar-refractivity contribution is 7.90. The first-order valence-electron chi connectivity index (χ1n) is 13.3. The average Bonchev–Trinajstić information content (AvgIpc) is 3.30. The number of carboxylic acid groups (broad SMARTS) is 1. The summed E-state index contributed by atoms with van der Waals surface area (Å²) in [7, 11) is -3.93. The highest BCUT2D eigenvalue weighted by atomic mass is 32.2. The van der Waals surface area contributed by atoms with Crippen LogP contribution in [0.4, 0.5) is 5.82 Å². The molecule has 7 rings (SSSR count). The van der Waals surface area contributed by atoms with Gasteiger partial charge in [-0.2, -0.15) is 0 Å². The van der Waals surface area contributed by atoms with Crippen LogP contribution in [0.15, 0.2) is 53.8 Å². The Morgan fingerprint density at radius 3 is 2.36 bits per heavy atom. The number of pyridine rings is 1. The summed E-state index contributed by atoms with van der Waals surface area (Å²) < 4.78 is 28.5. The van der Waals surface area contributed by atoms with E-state index in [-0.39, 0.29) is 22.8 Å². The monoisotopic (exact) mass is 545 g/mol. The molecule has 2 bridgehead atoms. The lowest BCUT2D eigenvalue weighted by Gasteiger charge is -2.47. The van der Waals surface area contributed by atoms with Crippen molar-refractivity contribution in [3.8, 4) is 11.4 Å². The molecule has 1 aromatic carbocycles. The van der Waals surface area contributed by atoms with Gasteiger partial charge in [-0.3, -0.25) is 4.79 Å². The Kier molecular flexibility index (Phi) is 6.17. The third-order valence-electron chi connectivity index (χ3n) is 8.35. The molecule has 39 heavy (non-hydrogen) atoms. The van der Waals surface area contributed by atoms with Gasteiger partial charge in [0, 0.05) is 41.1 Å². The van der Waals surface area contributed by atoms with Gasteiger partial charge in [0.2, 0.25) is 0 Å². The number of nitrogens with zero attached hydrogens (tertiary/aromatic N) is 4. The summed E-state index contributed by atoms with van der Waals surface area (Å²) in [6.45, 7) is 5.69. The van der Waals surface area contributed by atoms with Crippen LogP contribution >= 0.6 is 0 Å². The first-order valence-corrected chi connectivity index (χ1v) is 14.7. The van der Waals surface area contributed by atoms with Gasteiger partial charge < -0.3 is 10.4 Å². The zero-order valence-electron chi connectivity index (χ0n) is 22.1. The Bertz CT molecular complexity index is 1690. The molecule has 1 unspecified atom stereocenters. The predicted octanol–water partition coefficient (Wildman–Crippen LogP) is 4.96. The van der Waals surface area contributed by atoms with E-state index in [4.69, 9.17) is 4.98 Å². The molecular formula is C29H31N5O4S. The number of carbonyl (C=O) groups is 1. The molecule has 0 aliphatic heterocycles. The number of benzene rings is 1. The summed E-state index contributed by atoms with van der Waals surface area (Å²) in [5.74, 6) is 0.161. The highest BCUT2D eigenvalue weighted by Crippen LogP contribution is 2.46. The van der Waals surface area contributed by atoms with E-state index < -0.39 is 21.9 Å². The van der Waals surface area contributed by atoms with E-state index in [1.807, 2.05) is 26.8 Å². The van der Waals surface area contributed by atoms with Crippen LogP contribution < -0.4 is 5.32 Å². The van der Waals surface area contributed by atoms with Gasteiger partial charge in [-0.25, -0.2) is 27.3 Å². The molecule has 0 amide bonds. The van der Waals surface area contributed by atoms with E-state index in [0.717, 1.165) is 42.4 Å². The standard InChI is InChI=1S/C29H31N5O4S/c1-16-4-10-21(11-5-16)39(37,38)34-15-23(22-12-17(2)13-31-28(22)34)27-30-14-18(3)26(33-27)32-25-20-8-6-19(7-9-20)24(25)29(35)36/h4-5,10-15,19-20,24-25H,6-9H2,1-3H3,(H,35,36)(H,30,32,33)/t19-,20+,24-,25?/m0/s1. The Hall–Kier alpha value is -3.79. The van der Waals surface area contributed by atoms with Gasteiger partial charge in [0.25, 0.3) is 10.0 Å². The maximum atomic E-state index is 13.7. The number of hydrogen-bond acceptors (Lipinski definition) is 7. The van der Waals surface area contributed by atoms with E-state index >= 15 is 0 Å². The number of aryl methyl sites for hydroxylation is 3. The summed E-state index contributed by atoms with van der Waals surface area (Å²) in [5, 5.41) is 14.1. The van der Waals surface area contributed by atoms with Crippen molar-refractivity contribution in [1.82, 2.24) is 18.9 Å². The molecule has 3 saturated carbocycles. The van der Waals surface area contributed by atoms with Gasteiger partial charge >= 0.3 is 5.97 Å². The molecule has 3 aliphatic rings. The van der Waals surface area contributed by atoms with Crippen LogP contribution in [0, 0.1) is 38.5 Å². The van der Waals surface area contributed by atoms with Crippen molar-refractivity contribution in [1.29, 1.82) is 0 Å². The molecule has 2 atom stereocenters. The molecular weight excluding hydrogens is 514 g/mol. The molecule has 3 heterocycles. The van der Waals surface area contributed by atoms with Crippen molar-refractivity contribution in [2.45, 2.75) is 57.4 Å². The SMILES string of the molecule is Cc1ccc(S(=O)(=O)n2cc(-c3ncc(C)c(NC4[C@H]5CC[C@H](CC5)[C@@H]4C(=O)O)n3)c3cc(C)cnc32)cc1. The fraction of sp³-hybridized carbons (Fsp3) is 0.379. The third kappa shape index (κ3) is 4.36. The van der Waals surface area contributed by atoms with Crippen LogP contribution in [-0.4, -0.2) is 44.5 Å². The maximum absolute atomic E-state index is 13.7. The summed E-state index contributed by atoms with van der Waals surface area (Å²) in [6.07, 6.45) is 8.80. The quantitative estimate of drug-likeness (QED) is 0.348. The number of rotatable bonds is 6. The molecule has 202 valence electrons. The highest BCUT2D eigenvalue weighted by Gasteiger charge is 2.47. The lowest BCUT2D eigenvalue weighted by Crippen LogP contribution is -2.51. The van der Waals surface area contributed by atoms with Crippen LogP contribution in [0.25, 0.3) is 22.4 Å². The minimum Gasteiger partial charge on any atom is -0.481 e. The summed E-state index contributed by atoms with van der Waals surface area (Å²) in [4.78, 5) is 26.2. The minimum atomic E-state index is -3.93. The second-order valence-corrected chi connectivity index (χ2v) is 12.8. The summed E-state index contributed by atoms with van der Waals surface area (Å²) >= 11 is 0.